The van der Waals surface area contributed by atoms with Crippen LogP contribution in [0, 0.1) is 6.92 Å². The van der Waals surface area contributed by atoms with E-state index < -0.39 is 0 Å². The van der Waals surface area contributed by atoms with E-state index in [1.54, 1.807) is 12.1 Å². The van der Waals surface area contributed by atoms with Crippen LogP contribution in [-0.4, -0.2) is 0 Å². The lowest BCUT2D eigenvalue weighted by molar-refractivity contribution is 0.482. The number of aryl methyl sites for hydroxylation is 1. The molecule has 0 aromatic heterocycles. The van der Waals surface area contributed by atoms with Gasteiger partial charge < -0.3 is 10.5 Å². The number of benzene rings is 2. The van der Waals surface area contributed by atoms with E-state index in [9.17, 15) is 0 Å². The van der Waals surface area contributed by atoms with Gasteiger partial charge in [-0.25, -0.2) is 0 Å². The Morgan fingerprint density at radius 3 is 2.39 bits per heavy atom. The first-order valence-electron chi connectivity index (χ1n) is 5.16. The molecule has 0 aliphatic heterocycles. The number of nitrogens with two attached hydrogens (primary N) is 1. The average molecular weight is 347 g/mol. The largest absolute Gasteiger partial charge is 0.454 e. The fraction of sp³-hybridized carbons (Fsp3) is 0.0769. The molecule has 5 heteroatoms. The lowest BCUT2D eigenvalue weighted by Crippen LogP contribution is -1.93. The van der Waals surface area contributed by atoms with Crippen LogP contribution in [0.4, 0.5) is 5.69 Å². The van der Waals surface area contributed by atoms with Crippen molar-refractivity contribution >= 4 is 44.8 Å². The van der Waals surface area contributed by atoms with Gasteiger partial charge in [0, 0.05) is 6.07 Å². The maximum absolute atomic E-state index is 5.94. The van der Waals surface area contributed by atoms with Gasteiger partial charge in [-0.2, -0.15) is 0 Å². The second-order valence-electron chi connectivity index (χ2n) is 3.84. The van der Waals surface area contributed by atoms with Gasteiger partial charge in [-0.3, -0.25) is 0 Å². The van der Waals surface area contributed by atoms with Crippen molar-refractivity contribution in [2.24, 2.45) is 0 Å². The van der Waals surface area contributed by atoms with Crippen molar-refractivity contribution in [1.82, 2.24) is 0 Å². The summed E-state index contributed by atoms with van der Waals surface area (Å²) in [7, 11) is 0. The molecule has 0 aliphatic rings. The van der Waals surface area contributed by atoms with Gasteiger partial charge >= 0.3 is 0 Å². The monoisotopic (exact) mass is 345 g/mol. The third kappa shape index (κ3) is 2.91. The standard InChI is InChI=1S/C13H10BrCl2NO/c1-7-2-3-12(8(14)4-7)18-13-6-10(16)9(15)5-11(13)17/h2-6H,17H2,1H3. The number of nitrogen functional groups attached to an aromatic ring is 1. The predicted octanol–water partition coefficient (Wildman–Crippen LogP) is 5.44. The number of anilines is 1. The van der Waals surface area contributed by atoms with Crippen LogP contribution >= 0.6 is 39.1 Å². The minimum Gasteiger partial charge on any atom is -0.454 e. The number of hydrogen-bond donors (Lipinski definition) is 1. The molecule has 2 rings (SSSR count). The lowest BCUT2D eigenvalue weighted by Gasteiger charge is -2.11. The van der Waals surface area contributed by atoms with Crippen LogP contribution in [0.5, 0.6) is 11.5 Å². The van der Waals surface area contributed by atoms with Gasteiger partial charge in [-0.05, 0) is 46.6 Å². The van der Waals surface area contributed by atoms with Gasteiger partial charge in [0.25, 0.3) is 0 Å². The van der Waals surface area contributed by atoms with Crippen molar-refractivity contribution in [3.05, 3.63) is 50.4 Å². The third-order valence-electron chi connectivity index (χ3n) is 2.36. The molecule has 0 saturated carbocycles. The summed E-state index contributed by atoms with van der Waals surface area (Å²) < 4.78 is 6.57. The molecule has 0 radical (unpaired) electrons. The van der Waals surface area contributed by atoms with Crippen LogP contribution in [0.2, 0.25) is 10.0 Å². The van der Waals surface area contributed by atoms with E-state index in [1.807, 2.05) is 25.1 Å². The Morgan fingerprint density at radius 1 is 1.06 bits per heavy atom. The minimum absolute atomic E-state index is 0.407. The summed E-state index contributed by atoms with van der Waals surface area (Å²) >= 11 is 15.2. The van der Waals surface area contributed by atoms with E-state index in [1.165, 1.54) is 0 Å². The Kier molecular flexibility index (Phi) is 4.05. The Hall–Kier alpha value is -0.900. The molecular formula is C13H10BrCl2NO. The smallest absolute Gasteiger partial charge is 0.151 e. The molecule has 0 spiro atoms. The van der Waals surface area contributed by atoms with Gasteiger partial charge in [-0.15, -0.1) is 0 Å². The summed E-state index contributed by atoms with van der Waals surface area (Å²) in [6, 6.07) is 8.95. The summed E-state index contributed by atoms with van der Waals surface area (Å²) in [5.74, 6) is 1.15. The normalized spacial score (nSPS) is 10.4. The molecule has 2 aromatic rings. The van der Waals surface area contributed by atoms with Gasteiger partial charge in [0.2, 0.25) is 0 Å². The Labute approximate surface area is 124 Å². The first kappa shape index (κ1) is 13.5. The van der Waals surface area contributed by atoms with Crippen LogP contribution in [0.25, 0.3) is 0 Å². The molecule has 94 valence electrons. The summed E-state index contributed by atoms with van der Waals surface area (Å²) in [6.07, 6.45) is 0. The van der Waals surface area contributed by atoms with E-state index in [4.69, 9.17) is 33.7 Å². The number of halogens is 3. The highest BCUT2D eigenvalue weighted by Gasteiger charge is 2.09. The Bertz CT molecular complexity index is 602. The zero-order valence-electron chi connectivity index (χ0n) is 9.51. The predicted molar refractivity (Wildman–Crippen MR) is 79.8 cm³/mol. The lowest BCUT2D eigenvalue weighted by atomic mass is 10.2. The molecule has 0 aliphatic carbocycles. The second-order valence-corrected chi connectivity index (χ2v) is 5.51. The molecule has 0 unspecified atom stereocenters. The van der Waals surface area contributed by atoms with Crippen LogP contribution in [0.3, 0.4) is 0 Å². The first-order chi connectivity index (χ1) is 8.47. The van der Waals surface area contributed by atoms with E-state index >= 15 is 0 Å². The third-order valence-corrected chi connectivity index (χ3v) is 3.70. The number of rotatable bonds is 2. The Morgan fingerprint density at radius 2 is 1.72 bits per heavy atom. The Balaban J connectivity index is 2.37. The summed E-state index contributed by atoms with van der Waals surface area (Å²) in [5.41, 5.74) is 7.41. The van der Waals surface area contributed by atoms with Gasteiger partial charge in [-0.1, -0.05) is 29.3 Å². The second kappa shape index (κ2) is 5.39. The molecule has 0 amide bonds. The van der Waals surface area contributed by atoms with E-state index in [0.29, 0.717) is 27.2 Å². The highest BCUT2D eigenvalue weighted by molar-refractivity contribution is 9.10. The fourth-order valence-corrected chi connectivity index (χ4v) is 2.34. The van der Waals surface area contributed by atoms with Crippen molar-refractivity contribution in [3.63, 3.8) is 0 Å². The summed E-state index contributed by atoms with van der Waals surface area (Å²) in [5, 5.41) is 0.814. The van der Waals surface area contributed by atoms with Crippen molar-refractivity contribution in [2.75, 3.05) is 5.73 Å². The van der Waals surface area contributed by atoms with E-state index in [-0.39, 0.29) is 0 Å². The first-order valence-corrected chi connectivity index (χ1v) is 6.71. The van der Waals surface area contributed by atoms with Crippen LogP contribution in [-0.2, 0) is 0 Å². The quantitative estimate of drug-likeness (QED) is 0.735. The van der Waals surface area contributed by atoms with Crippen molar-refractivity contribution in [3.8, 4) is 11.5 Å². The zero-order chi connectivity index (χ0) is 13.3. The zero-order valence-corrected chi connectivity index (χ0v) is 12.6. The minimum atomic E-state index is 0.407. The summed E-state index contributed by atoms with van der Waals surface area (Å²) in [4.78, 5) is 0. The van der Waals surface area contributed by atoms with Gasteiger partial charge in [0.15, 0.2) is 5.75 Å². The fourth-order valence-electron chi connectivity index (χ4n) is 1.44. The molecule has 18 heavy (non-hydrogen) atoms. The SMILES string of the molecule is Cc1ccc(Oc2cc(Cl)c(Cl)cc2N)c(Br)c1. The highest BCUT2D eigenvalue weighted by atomic mass is 79.9. The maximum Gasteiger partial charge on any atom is 0.151 e. The summed E-state index contributed by atoms with van der Waals surface area (Å²) in [6.45, 7) is 2.00. The van der Waals surface area contributed by atoms with Crippen LogP contribution in [0.15, 0.2) is 34.8 Å². The van der Waals surface area contributed by atoms with Crippen molar-refractivity contribution in [1.29, 1.82) is 0 Å². The molecule has 0 saturated heterocycles. The molecular weight excluding hydrogens is 337 g/mol. The molecule has 2 nitrogen and oxygen atoms in total. The highest BCUT2D eigenvalue weighted by Crippen LogP contribution is 2.37. The molecule has 2 aromatic carbocycles. The van der Waals surface area contributed by atoms with Crippen molar-refractivity contribution in [2.45, 2.75) is 6.92 Å². The van der Waals surface area contributed by atoms with Crippen LogP contribution in [0.1, 0.15) is 5.56 Å². The van der Waals surface area contributed by atoms with Crippen LogP contribution < -0.4 is 10.5 Å². The number of ether oxygens (including phenoxy) is 1. The van der Waals surface area contributed by atoms with E-state index in [2.05, 4.69) is 15.9 Å². The topological polar surface area (TPSA) is 35.2 Å². The van der Waals surface area contributed by atoms with Crippen molar-refractivity contribution < 1.29 is 4.74 Å². The van der Waals surface area contributed by atoms with E-state index in [0.717, 1.165) is 10.0 Å². The molecule has 0 fully saturated rings. The molecule has 0 bridgehead atoms. The molecule has 0 atom stereocenters. The van der Waals surface area contributed by atoms with Gasteiger partial charge in [0.1, 0.15) is 5.75 Å². The average Bonchev–Trinajstić information content (AvgIpc) is 2.29. The number of hydrogen-bond acceptors (Lipinski definition) is 2. The molecule has 0 heterocycles. The molecule has 2 N–H and O–H groups in total. The maximum atomic E-state index is 5.94. The van der Waals surface area contributed by atoms with Gasteiger partial charge in [0.05, 0.1) is 20.2 Å².